The Hall–Kier alpha value is -1.10. The van der Waals surface area contributed by atoms with Crippen LogP contribution in [-0.4, -0.2) is 36.1 Å². The largest absolute Gasteiger partial charge is 0.508 e. The summed E-state index contributed by atoms with van der Waals surface area (Å²) in [7, 11) is 0. The number of aliphatic hydroxyl groups excluding tert-OH is 1. The molecular weight excluding hydrogens is 218 g/mol. The first kappa shape index (κ1) is 12.4. The maximum atomic E-state index is 9.40. The van der Waals surface area contributed by atoms with E-state index in [-0.39, 0.29) is 24.5 Å². The zero-order chi connectivity index (χ0) is 12.1. The van der Waals surface area contributed by atoms with Crippen LogP contribution in [0.5, 0.6) is 5.75 Å². The molecule has 3 N–H and O–H groups in total. The zero-order valence-electron chi connectivity index (χ0n) is 9.80. The number of phenolic OH excluding ortho intramolecular Hbond substituents is 1. The Bertz CT molecular complexity index is 350. The molecule has 1 aliphatic rings. The summed E-state index contributed by atoms with van der Waals surface area (Å²) in [6.07, 6.45) is 2.44. The summed E-state index contributed by atoms with van der Waals surface area (Å²) in [5, 5.41) is 22.0. The van der Waals surface area contributed by atoms with Gasteiger partial charge >= 0.3 is 0 Å². The molecule has 0 aromatic heterocycles. The third-order valence-electron chi connectivity index (χ3n) is 3.07. The predicted molar refractivity (Wildman–Crippen MR) is 64.9 cm³/mol. The molecule has 0 bridgehead atoms. The van der Waals surface area contributed by atoms with Gasteiger partial charge in [0.25, 0.3) is 0 Å². The molecule has 1 aromatic carbocycles. The van der Waals surface area contributed by atoms with Gasteiger partial charge < -0.3 is 20.3 Å². The van der Waals surface area contributed by atoms with Gasteiger partial charge in [-0.2, -0.15) is 0 Å². The smallest absolute Gasteiger partial charge is 0.115 e. The van der Waals surface area contributed by atoms with Crippen LogP contribution in [-0.2, 0) is 4.74 Å². The van der Waals surface area contributed by atoms with Crippen LogP contribution < -0.4 is 5.32 Å². The van der Waals surface area contributed by atoms with Gasteiger partial charge in [0.2, 0.25) is 0 Å². The van der Waals surface area contributed by atoms with Crippen LogP contribution in [0.1, 0.15) is 24.4 Å². The Kier molecular flexibility index (Phi) is 4.36. The van der Waals surface area contributed by atoms with E-state index in [0.717, 1.165) is 31.6 Å². The highest BCUT2D eigenvalue weighted by molar-refractivity contribution is 5.29. The number of aliphatic hydroxyl groups is 1. The van der Waals surface area contributed by atoms with Gasteiger partial charge in [0, 0.05) is 13.2 Å². The average Bonchev–Trinajstić information content (AvgIpc) is 2.83. The molecule has 4 nitrogen and oxygen atoms in total. The second-order valence-electron chi connectivity index (χ2n) is 4.37. The molecule has 0 amide bonds. The molecule has 94 valence electrons. The predicted octanol–water partition coefficient (Wildman–Crippen LogP) is 1.19. The Morgan fingerprint density at radius 3 is 3.00 bits per heavy atom. The summed E-state index contributed by atoms with van der Waals surface area (Å²) in [6, 6.07) is 6.82. The van der Waals surface area contributed by atoms with E-state index in [1.165, 1.54) is 0 Å². The van der Waals surface area contributed by atoms with Gasteiger partial charge in [-0.3, -0.25) is 0 Å². The van der Waals surface area contributed by atoms with Gasteiger partial charge in [0.15, 0.2) is 0 Å². The van der Waals surface area contributed by atoms with E-state index in [1.807, 2.05) is 6.07 Å². The van der Waals surface area contributed by atoms with Crippen molar-refractivity contribution in [3.63, 3.8) is 0 Å². The van der Waals surface area contributed by atoms with Gasteiger partial charge in [0.1, 0.15) is 5.75 Å². The number of phenols is 1. The topological polar surface area (TPSA) is 61.7 Å². The van der Waals surface area contributed by atoms with Gasteiger partial charge in [-0.15, -0.1) is 0 Å². The van der Waals surface area contributed by atoms with Crippen LogP contribution in [0.4, 0.5) is 0 Å². The van der Waals surface area contributed by atoms with Crippen molar-refractivity contribution >= 4 is 0 Å². The molecule has 1 heterocycles. The van der Waals surface area contributed by atoms with Crippen molar-refractivity contribution < 1.29 is 14.9 Å². The van der Waals surface area contributed by atoms with Crippen molar-refractivity contribution in [1.82, 2.24) is 5.32 Å². The van der Waals surface area contributed by atoms with Crippen LogP contribution in [0.25, 0.3) is 0 Å². The molecule has 4 heteroatoms. The number of nitrogens with one attached hydrogen (secondary N) is 1. The highest BCUT2D eigenvalue weighted by atomic mass is 16.5. The summed E-state index contributed by atoms with van der Waals surface area (Å²) in [5.41, 5.74) is 0.894. The number of rotatable bonds is 5. The molecule has 17 heavy (non-hydrogen) atoms. The van der Waals surface area contributed by atoms with Crippen LogP contribution in [0, 0.1) is 0 Å². The van der Waals surface area contributed by atoms with Crippen molar-refractivity contribution in [2.75, 3.05) is 19.8 Å². The van der Waals surface area contributed by atoms with Crippen molar-refractivity contribution in [3.05, 3.63) is 29.8 Å². The molecule has 0 spiro atoms. The first-order valence-corrected chi connectivity index (χ1v) is 6.04. The van der Waals surface area contributed by atoms with Crippen LogP contribution in [0.3, 0.4) is 0 Å². The Labute approximate surface area is 101 Å². The number of hydrogen-bond acceptors (Lipinski definition) is 4. The molecule has 1 fully saturated rings. The van der Waals surface area contributed by atoms with Crippen molar-refractivity contribution in [2.45, 2.75) is 25.0 Å². The zero-order valence-corrected chi connectivity index (χ0v) is 9.80. The molecule has 1 aromatic rings. The fraction of sp³-hybridized carbons (Fsp3) is 0.538. The molecule has 2 rings (SSSR count). The van der Waals surface area contributed by atoms with Crippen molar-refractivity contribution in [3.8, 4) is 5.75 Å². The first-order chi connectivity index (χ1) is 8.29. The van der Waals surface area contributed by atoms with Crippen LogP contribution in [0.15, 0.2) is 24.3 Å². The minimum atomic E-state index is -0.147. The quantitative estimate of drug-likeness (QED) is 0.720. The third-order valence-corrected chi connectivity index (χ3v) is 3.07. The van der Waals surface area contributed by atoms with E-state index in [9.17, 15) is 10.2 Å². The summed E-state index contributed by atoms with van der Waals surface area (Å²) < 4.78 is 5.51. The Balaban J connectivity index is 1.91. The normalized spacial score (nSPS) is 21.6. The lowest BCUT2D eigenvalue weighted by Gasteiger charge is -2.19. The monoisotopic (exact) mass is 237 g/mol. The number of benzene rings is 1. The average molecular weight is 237 g/mol. The van der Waals surface area contributed by atoms with Gasteiger partial charge in [0.05, 0.1) is 18.8 Å². The Morgan fingerprint density at radius 1 is 1.47 bits per heavy atom. The van der Waals surface area contributed by atoms with E-state index in [1.54, 1.807) is 18.2 Å². The van der Waals surface area contributed by atoms with Crippen LogP contribution in [0.2, 0.25) is 0 Å². The van der Waals surface area contributed by atoms with E-state index in [2.05, 4.69) is 5.32 Å². The Morgan fingerprint density at radius 2 is 2.35 bits per heavy atom. The lowest BCUT2D eigenvalue weighted by atomic mass is 10.1. The van der Waals surface area contributed by atoms with Crippen molar-refractivity contribution in [1.29, 1.82) is 0 Å². The summed E-state index contributed by atoms with van der Waals surface area (Å²) in [6.45, 7) is 1.58. The second kappa shape index (κ2) is 6.00. The highest BCUT2D eigenvalue weighted by Gasteiger charge is 2.17. The molecule has 2 atom stereocenters. The van der Waals surface area contributed by atoms with E-state index in [4.69, 9.17) is 4.74 Å². The lowest BCUT2D eigenvalue weighted by Crippen LogP contribution is -2.31. The molecule has 0 saturated carbocycles. The molecule has 2 unspecified atom stereocenters. The third kappa shape index (κ3) is 3.43. The number of aromatic hydroxyl groups is 1. The number of ether oxygens (including phenoxy) is 1. The highest BCUT2D eigenvalue weighted by Crippen LogP contribution is 2.19. The van der Waals surface area contributed by atoms with Gasteiger partial charge in [-0.05, 0) is 30.5 Å². The van der Waals surface area contributed by atoms with Crippen LogP contribution >= 0.6 is 0 Å². The fourth-order valence-corrected chi connectivity index (χ4v) is 2.11. The molecule has 0 aliphatic carbocycles. The lowest BCUT2D eigenvalue weighted by molar-refractivity contribution is 0.104. The first-order valence-electron chi connectivity index (χ1n) is 6.04. The summed E-state index contributed by atoms with van der Waals surface area (Å²) in [5.74, 6) is 0.222. The standard InChI is InChI=1S/C13H19NO3/c15-9-13(10-3-1-4-11(16)7-10)14-8-12-5-2-6-17-12/h1,3-4,7,12-16H,2,5-6,8-9H2. The molecule has 1 aliphatic heterocycles. The SMILES string of the molecule is OCC(NCC1CCCO1)c1cccc(O)c1. The number of hydrogen-bond donors (Lipinski definition) is 3. The van der Waals surface area contributed by atoms with Crippen molar-refractivity contribution in [2.24, 2.45) is 0 Å². The summed E-state index contributed by atoms with van der Waals surface area (Å²) in [4.78, 5) is 0. The maximum absolute atomic E-state index is 9.40. The maximum Gasteiger partial charge on any atom is 0.115 e. The summed E-state index contributed by atoms with van der Waals surface area (Å²) >= 11 is 0. The van der Waals surface area contributed by atoms with E-state index in [0.29, 0.717) is 0 Å². The molecular formula is C13H19NO3. The van der Waals surface area contributed by atoms with Gasteiger partial charge in [-0.25, -0.2) is 0 Å². The van der Waals surface area contributed by atoms with Gasteiger partial charge in [-0.1, -0.05) is 12.1 Å². The fourth-order valence-electron chi connectivity index (χ4n) is 2.11. The minimum absolute atomic E-state index is 0.0101. The van der Waals surface area contributed by atoms with E-state index < -0.39 is 0 Å². The molecule has 0 radical (unpaired) electrons. The second-order valence-corrected chi connectivity index (χ2v) is 4.37. The molecule has 1 saturated heterocycles. The minimum Gasteiger partial charge on any atom is -0.508 e. The van der Waals surface area contributed by atoms with E-state index >= 15 is 0 Å².